The molecule has 0 radical (unpaired) electrons. The molecular formula is C22H27ClN2O4. The molecule has 1 atom stereocenters. The molecule has 2 N–H and O–H groups in total. The van der Waals surface area contributed by atoms with E-state index >= 15 is 0 Å². The highest BCUT2D eigenvalue weighted by molar-refractivity contribution is 6.32. The first kappa shape index (κ1) is 21.4. The molecule has 0 spiro atoms. The monoisotopic (exact) mass is 418 g/mol. The number of carbonyl (C=O) groups is 1. The Morgan fingerprint density at radius 3 is 2.48 bits per heavy atom. The van der Waals surface area contributed by atoms with Crippen LogP contribution in [0.5, 0.6) is 11.5 Å². The lowest BCUT2D eigenvalue weighted by molar-refractivity contribution is -0.118. The maximum atomic E-state index is 12.9. The molecule has 1 saturated carbocycles. The Labute approximate surface area is 176 Å². The number of carbonyl (C=O) groups excluding carboxylic acids is 1. The zero-order chi connectivity index (χ0) is 20.8. The molecule has 2 aromatic carbocycles. The standard InChI is InChI=1S/C22H27ClN2O4/c1-28-20-11-18(21(29-2)10-17(20)23)24-22(27)13-25(19(14-26)16-8-9-16)12-15-6-4-3-5-7-15/h3-7,10-11,16,19,26H,8-9,12-14H2,1-2H3,(H,24,27). The minimum atomic E-state index is -0.192. The lowest BCUT2D eigenvalue weighted by atomic mass is 10.1. The van der Waals surface area contributed by atoms with Crippen LogP contribution >= 0.6 is 11.6 Å². The van der Waals surface area contributed by atoms with Crippen LogP contribution in [0.3, 0.4) is 0 Å². The number of methoxy groups -OCH3 is 2. The quantitative estimate of drug-likeness (QED) is 0.617. The summed E-state index contributed by atoms with van der Waals surface area (Å²) in [6.07, 6.45) is 2.17. The molecule has 1 aliphatic rings. The van der Waals surface area contributed by atoms with E-state index in [4.69, 9.17) is 21.1 Å². The average molecular weight is 419 g/mol. The fourth-order valence-corrected chi connectivity index (χ4v) is 3.72. The van der Waals surface area contributed by atoms with Crippen molar-refractivity contribution in [2.75, 3.05) is 32.7 Å². The smallest absolute Gasteiger partial charge is 0.238 e. The molecule has 2 aromatic rings. The fourth-order valence-electron chi connectivity index (χ4n) is 3.48. The van der Waals surface area contributed by atoms with E-state index < -0.39 is 0 Å². The topological polar surface area (TPSA) is 71.0 Å². The van der Waals surface area contributed by atoms with E-state index in [1.165, 1.54) is 14.2 Å². The molecule has 3 rings (SSSR count). The number of ether oxygens (including phenoxy) is 2. The summed E-state index contributed by atoms with van der Waals surface area (Å²) in [5.74, 6) is 1.15. The summed E-state index contributed by atoms with van der Waals surface area (Å²) in [7, 11) is 3.03. The van der Waals surface area contributed by atoms with Gasteiger partial charge in [-0.2, -0.15) is 0 Å². The largest absolute Gasteiger partial charge is 0.495 e. The molecule has 0 heterocycles. The second kappa shape index (κ2) is 9.96. The Hall–Kier alpha value is -2.28. The van der Waals surface area contributed by atoms with Crippen LogP contribution in [0.4, 0.5) is 5.69 Å². The van der Waals surface area contributed by atoms with Gasteiger partial charge in [-0.1, -0.05) is 41.9 Å². The summed E-state index contributed by atoms with van der Waals surface area (Å²) in [5.41, 5.74) is 1.59. The van der Waals surface area contributed by atoms with Crippen LogP contribution in [0.25, 0.3) is 0 Å². The zero-order valence-electron chi connectivity index (χ0n) is 16.7. The van der Waals surface area contributed by atoms with E-state index in [0.717, 1.165) is 18.4 Å². The molecule has 1 aliphatic carbocycles. The van der Waals surface area contributed by atoms with Crippen molar-refractivity contribution in [1.82, 2.24) is 4.90 Å². The Balaban J connectivity index is 1.76. The third-order valence-corrected chi connectivity index (χ3v) is 5.44. The highest BCUT2D eigenvalue weighted by Gasteiger charge is 2.35. The molecule has 7 heteroatoms. The van der Waals surface area contributed by atoms with Crippen molar-refractivity contribution in [1.29, 1.82) is 0 Å². The van der Waals surface area contributed by atoms with Gasteiger partial charge in [-0.05, 0) is 24.3 Å². The number of aliphatic hydroxyl groups excluding tert-OH is 1. The molecule has 1 unspecified atom stereocenters. The Bertz CT molecular complexity index is 827. The van der Waals surface area contributed by atoms with Gasteiger partial charge < -0.3 is 19.9 Å². The highest BCUT2D eigenvalue weighted by Crippen LogP contribution is 2.37. The van der Waals surface area contributed by atoms with Gasteiger partial charge in [0.15, 0.2) is 0 Å². The molecule has 0 saturated heterocycles. The summed E-state index contributed by atoms with van der Waals surface area (Å²) in [6.45, 7) is 0.782. The second-order valence-electron chi connectivity index (χ2n) is 7.21. The van der Waals surface area contributed by atoms with Crippen molar-refractivity contribution in [3.8, 4) is 11.5 Å². The third-order valence-electron chi connectivity index (χ3n) is 5.15. The van der Waals surface area contributed by atoms with E-state index in [2.05, 4.69) is 5.32 Å². The van der Waals surface area contributed by atoms with Crippen molar-refractivity contribution in [2.45, 2.75) is 25.4 Å². The van der Waals surface area contributed by atoms with Gasteiger partial charge in [0.2, 0.25) is 5.91 Å². The van der Waals surface area contributed by atoms with Crippen LogP contribution in [-0.4, -0.2) is 49.3 Å². The van der Waals surface area contributed by atoms with Crippen LogP contribution in [-0.2, 0) is 11.3 Å². The van der Waals surface area contributed by atoms with E-state index in [9.17, 15) is 9.90 Å². The van der Waals surface area contributed by atoms with Crippen molar-refractivity contribution in [3.63, 3.8) is 0 Å². The van der Waals surface area contributed by atoms with Gasteiger partial charge in [-0.15, -0.1) is 0 Å². The zero-order valence-corrected chi connectivity index (χ0v) is 17.5. The van der Waals surface area contributed by atoms with Gasteiger partial charge >= 0.3 is 0 Å². The number of hydrogen-bond donors (Lipinski definition) is 2. The molecule has 1 fully saturated rings. The summed E-state index contributed by atoms with van der Waals surface area (Å²) in [6, 6.07) is 13.2. The summed E-state index contributed by atoms with van der Waals surface area (Å²) in [5, 5.41) is 13.2. The third kappa shape index (κ3) is 5.63. The first-order valence-electron chi connectivity index (χ1n) is 9.66. The van der Waals surface area contributed by atoms with Crippen LogP contribution in [0.1, 0.15) is 18.4 Å². The fraction of sp³-hybridized carbons (Fsp3) is 0.409. The predicted molar refractivity (Wildman–Crippen MR) is 114 cm³/mol. The normalized spacial score (nSPS) is 14.5. The van der Waals surface area contributed by atoms with Crippen LogP contribution in [0.2, 0.25) is 5.02 Å². The Morgan fingerprint density at radius 2 is 1.90 bits per heavy atom. The van der Waals surface area contributed by atoms with Gasteiger partial charge in [-0.3, -0.25) is 9.69 Å². The van der Waals surface area contributed by atoms with E-state index in [1.54, 1.807) is 12.1 Å². The van der Waals surface area contributed by atoms with E-state index in [0.29, 0.717) is 34.7 Å². The van der Waals surface area contributed by atoms with E-state index in [-0.39, 0.29) is 25.1 Å². The minimum absolute atomic E-state index is 0.0306. The SMILES string of the molecule is COc1cc(NC(=O)CN(Cc2ccccc2)C(CO)C2CC2)c(OC)cc1Cl. The van der Waals surface area contributed by atoms with Crippen LogP contribution in [0, 0.1) is 5.92 Å². The molecule has 6 nitrogen and oxygen atoms in total. The molecule has 0 aromatic heterocycles. The van der Waals surface area contributed by atoms with Crippen molar-refractivity contribution in [2.24, 2.45) is 5.92 Å². The number of nitrogens with zero attached hydrogens (tertiary/aromatic N) is 1. The molecule has 0 bridgehead atoms. The summed E-state index contributed by atoms with van der Waals surface area (Å²) < 4.78 is 10.6. The summed E-state index contributed by atoms with van der Waals surface area (Å²) in [4.78, 5) is 14.9. The Morgan fingerprint density at radius 1 is 1.21 bits per heavy atom. The van der Waals surface area contributed by atoms with Gasteiger partial charge in [0.1, 0.15) is 11.5 Å². The number of halogens is 1. The van der Waals surface area contributed by atoms with Gasteiger partial charge in [-0.25, -0.2) is 0 Å². The molecule has 156 valence electrons. The number of nitrogens with one attached hydrogen (secondary N) is 1. The molecular weight excluding hydrogens is 392 g/mol. The number of rotatable bonds is 10. The Kier molecular flexibility index (Phi) is 7.36. The highest BCUT2D eigenvalue weighted by atomic mass is 35.5. The second-order valence-corrected chi connectivity index (χ2v) is 7.62. The van der Waals surface area contributed by atoms with Crippen LogP contribution < -0.4 is 14.8 Å². The van der Waals surface area contributed by atoms with Gasteiger partial charge in [0, 0.05) is 24.7 Å². The molecule has 29 heavy (non-hydrogen) atoms. The first-order valence-corrected chi connectivity index (χ1v) is 10.0. The van der Waals surface area contributed by atoms with Gasteiger partial charge in [0.25, 0.3) is 0 Å². The lowest BCUT2D eigenvalue weighted by Gasteiger charge is -2.30. The lowest BCUT2D eigenvalue weighted by Crippen LogP contribution is -2.43. The number of amides is 1. The van der Waals surface area contributed by atoms with Crippen LogP contribution in [0.15, 0.2) is 42.5 Å². The number of benzene rings is 2. The molecule has 1 amide bonds. The van der Waals surface area contributed by atoms with Crippen molar-refractivity contribution < 1.29 is 19.4 Å². The molecule has 0 aliphatic heterocycles. The first-order chi connectivity index (χ1) is 14.0. The van der Waals surface area contributed by atoms with Gasteiger partial charge in [0.05, 0.1) is 38.1 Å². The number of hydrogen-bond acceptors (Lipinski definition) is 5. The number of anilines is 1. The number of aliphatic hydroxyl groups is 1. The maximum absolute atomic E-state index is 12.9. The van der Waals surface area contributed by atoms with E-state index in [1.807, 2.05) is 35.2 Å². The minimum Gasteiger partial charge on any atom is -0.495 e. The van der Waals surface area contributed by atoms with Crippen molar-refractivity contribution in [3.05, 3.63) is 53.1 Å². The van der Waals surface area contributed by atoms with Crippen molar-refractivity contribution >= 4 is 23.2 Å². The maximum Gasteiger partial charge on any atom is 0.238 e. The summed E-state index contributed by atoms with van der Waals surface area (Å²) >= 11 is 6.14. The average Bonchev–Trinajstić information content (AvgIpc) is 3.55. The predicted octanol–water partition coefficient (Wildman–Crippen LogP) is 3.57.